The van der Waals surface area contributed by atoms with E-state index in [1.165, 1.54) is 18.5 Å². The summed E-state index contributed by atoms with van der Waals surface area (Å²) in [7, 11) is 1.59. The summed E-state index contributed by atoms with van der Waals surface area (Å²) in [4.78, 5) is 35.9. The Labute approximate surface area is 144 Å². The Morgan fingerprint density at radius 2 is 2.12 bits per heavy atom. The average Bonchev–Trinajstić information content (AvgIpc) is 2.62. The Morgan fingerprint density at radius 3 is 2.72 bits per heavy atom. The number of nitrogens with two attached hydrogens (primary N) is 2. The molecule has 2 aromatic rings. The van der Waals surface area contributed by atoms with Crippen molar-refractivity contribution in [2.24, 2.45) is 10.7 Å². The predicted molar refractivity (Wildman–Crippen MR) is 93.4 cm³/mol. The van der Waals surface area contributed by atoms with Crippen LogP contribution in [0.4, 0.5) is 11.6 Å². The van der Waals surface area contributed by atoms with E-state index in [9.17, 15) is 9.59 Å². The summed E-state index contributed by atoms with van der Waals surface area (Å²) < 4.78 is 4.98. The van der Waals surface area contributed by atoms with E-state index in [4.69, 9.17) is 16.2 Å². The fourth-order valence-corrected chi connectivity index (χ4v) is 2.01. The molecule has 130 valence electrons. The van der Waals surface area contributed by atoms with Crippen molar-refractivity contribution >= 4 is 29.3 Å². The van der Waals surface area contributed by atoms with Crippen LogP contribution in [0.1, 0.15) is 33.2 Å². The second kappa shape index (κ2) is 7.86. The molecule has 9 nitrogen and oxygen atoms in total. The van der Waals surface area contributed by atoms with Crippen LogP contribution < -0.4 is 16.8 Å². The smallest absolute Gasteiger partial charge is 0.341 e. The quantitative estimate of drug-likeness (QED) is 0.411. The maximum Gasteiger partial charge on any atom is 0.341 e. The first-order valence-electron chi connectivity index (χ1n) is 7.42. The van der Waals surface area contributed by atoms with Gasteiger partial charge in [-0.1, -0.05) is 0 Å². The van der Waals surface area contributed by atoms with Gasteiger partial charge in [-0.15, -0.1) is 0 Å². The lowest BCUT2D eigenvalue weighted by Gasteiger charge is -2.12. The SMILES string of the molecule is CCOC(=O)c1cc(C(N)=NC(=O)c2cccnc2)c(N)nc1NC. The zero-order chi connectivity index (χ0) is 18.4. The van der Waals surface area contributed by atoms with Crippen LogP contribution in [0.25, 0.3) is 0 Å². The summed E-state index contributed by atoms with van der Waals surface area (Å²) in [6.45, 7) is 1.88. The Hall–Kier alpha value is -3.49. The Morgan fingerprint density at radius 1 is 1.36 bits per heavy atom. The minimum absolute atomic E-state index is 0.0256. The minimum Gasteiger partial charge on any atom is -0.462 e. The molecule has 2 rings (SSSR count). The fourth-order valence-electron chi connectivity index (χ4n) is 2.01. The van der Waals surface area contributed by atoms with Gasteiger partial charge in [0.15, 0.2) is 0 Å². The highest BCUT2D eigenvalue weighted by atomic mass is 16.5. The van der Waals surface area contributed by atoms with Crippen molar-refractivity contribution in [3.05, 3.63) is 47.3 Å². The van der Waals surface area contributed by atoms with Crippen LogP contribution in [-0.2, 0) is 4.74 Å². The van der Waals surface area contributed by atoms with Gasteiger partial charge in [0.2, 0.25) is 0 Å². The number of amidine groups is 1. The second-order valence-electron chi connectivity index (χ2n) is 4.83. The molecule has 0 aliphatic rings. The molecule has 0 aliphatic carbocycles. The van der Waals surface area contributed by atoms with E-state index in [-0.39, 0.29) is 40.8 Å². The molecule has 5 N–H and O–H groups in total. The van der Waals surface area contributed by atoms with Gasteiger partial charge in [-0.2, -0.15) is 4.99 Å². The zero-order valence-electron chi connectivity index (χ0n) is 13.8. The molecule has 0 bridgehead atoms. The molecule has 0 radical (unpaired) electrons. The van der Waals surface area contributed by atoms with Gasteiger partial charge in [0.05, 0.1) is 17.7 Å². The van der Waals surface area contributed by atoms with Gasteiger partial charge in [0.25, 0.3) is 5.91 Å². The molecule has 25 heavy (non-hydrogen) atoms. The van der Waals surface area contributed by atoms with E-state index in [0.717, 1.165) is 0 Å². The van der Waals surface area contributed by atoms with E-state index >= 15 is 0 Å². The van der Waals surface area contributed by atoms with Gasteiger partial charge in [-0.25, -0.2) is 9.78 Å². The van der Waals surface area contributed by atoms with Crippen molar-refractivity contribution in [2.45, 2.75) is 6.92 Å². The Balaban J connectivity index is 2.43. The molecule has 0 atom stereocenters. The standard InChI is InChI=1S/C16H18N6O3/c1-3-25-16(24)11-7-10(12(17)21-14(11)19-2)13(18)22-15(23)9-5-4-6-20-8-9/h4-8H,3H2,1-2H3,(H3,17,19,21)(H2,18,22,23). The number of esters is 1. The number of ether oxygens (including phenoxy) is 1. The number of nitrogens with zero attached hydrogens (tertiary/aromatic N) is 3. The first kappa shape index (κ1) is 17.9. The molecule has 0 aliphatic heterocycles. The number of nitrogens with one attached hydrogen (secondary N) is 1. The van der Waals surface area contributed by atoms with E-state index in [2.05, 4.69) is 20.3 Å². The number of hydrogen-bond acceptors (Lipinski definition) is 7. The number of carbonyl (C=O) groups is 2. The van der Waals surface area contributed by atoms with Gasteiger partial charge in [0, 0.05) is 19.4 Å². The van der Waals surface area contributed by atoms with Gasteiger partial charge < -0.3 is 21.5 Å². The zero-order valence-corrected chi connectivity index (χ0v) is 13.8. The maximum atomic E-state index is 12.1. The molecule has 2 aromatic heterocycles. The molecule has 9 heteroatoms. The van der Waals surface area contributed by atoms with Crippen LogP contribution >= 0.6 is 0 Å². The van der Waals surface area contributed by atoms with Crippen molar-refractivity contribution in [3.63, 3.8) is 0 Å². The van der Waals surface area contributed by atoms with Crippen LogP contribution in [-0.4, -0.2) is 41.3 Å². The first-order chi connectivity index (χ1) is 12.0. The fraction of sp³-hybridized carbons (Fsp3) is 0.188. The second-order valence-corrected chi connectivity index (χ2v) is 4.83. The molecule has 0 spiro atoms. The molecule has 0 unspecified atom stereocenters. The summed E-state index contributed by atoms with van der Waals surface area (Å²) in [6.07, 6.45) is 2.91. The van der Waals surface area contributed by atoms with Gasteiger partial charge in [0.1, 0.15) is 23.0 Å². The molecule has 0 saturated carbocycles. The van der Waals surface area contributed by atoms with Crippen molar-refractivity contribution in [2.75, 3.05) is 24.7 Å². The summed E-state index contributed by atoms with van der Waals surface area (Å²) in [5.41, 5.74) is 12.3. The Bertz CT molecular complexity index is 820. The number of anilines is 2. The van der Waals surface area contributed by atoms with Crippen LogP contribution in [0.3, 0.4) is 0 Å². The van der Waals surface area contributed by atoms with Crippen LogP contribution in [0.2, 0.25) is 0 Å². The third-order valence-corrected chi connectivity index (χ3v) is 3.19. The van der Waals surface area contributed by atoms with Crippen LogP contribution in [0.5, 0.6) is 0 Å². The number of carbonyl (C=O) groups excluding carboxylic acids is 2. The number of nitrogen functional groups attached to an aromatic ring is 1. The number of aromatic nitrogens is 2. The van der Waals surface area contributed by atoms with E-state index in [1.54, 1.807) is 26.1 Å². The van der Waals surface area contributed by atoms with Crippen LogP contribution in [0.15, 0.2) is 35.6 Å². The number of amides is 1. The largest absolute Gasteiger partial charge is 0.462 e. The normalized spacial score (nSPS) is 11.0. The summed E-state index contributed by atoms with van der Waals surface area (Å²) in [5.74, 6) is -1.07. The topological polar surface area (TPSA) is 146 Å². The first-order valence-corrected chi connectivity index (χ1v) is 7.42. The highest BCUT2D eigenvalue weighted by molar-refractivity contribution is 6.11. The van der Waals surface area contributed by atoms with E-state index in [0.29, 0.717) is 0 Å². The van der Waals surface area contributed by atoms with Gasteiger partial charge >= 0.3 is 5.97 Å². The molecular formula is C16H18N6O3. The average molecular weight is 342 g/mol. The van der Waals surface area contributed by atoms with E-state index in [1.807, 2.05) is 0 Å². The number of aliphatic imine (C=N–C) groups is 1. The summed E-state index contributed by atoms with van der Waals surface area (Å²) in [5, 5.41) is 2.76. The third-order valence-electron chi connectivity index (χ3n) is 3.19. The Kier molecular flexibility index (Phi) is 5.62. The molecule has 1 amide bonds. The monoisotopic (exact) mass is 342 g/mol. The van der Waals surface area contributed by atoms with Gasteiger partial charge in [-0.3, -0.25) is 9.78 Å². The van der Waals surface area contributed by atoms with Crippen molar-refractivity contribution in [1.82, 2.24) is 9.97 Å². The summed E-state index contributed by atoms with van der Waals surface area (Å²) >= 11 is 0. The highest BCUT2D eigenvalue weighted by Gasteiger charge is 2.19. The molecule has 0 fully saturated rings. The van der Waals surface area contributed by atoms with Gasteiger partial charge in [-0.05, 0) is 25.1 Å². The van der Waals surface area contributed by atoms with Crippen molar-refractivity contribution < 1.29 is 14.3 Å². The van der Waals surface area contributed by atoms with Crippen molar-refractivity contribution in [3.8, 4) is 0 Å². The molecule has 2 heterocycles. The lowest BCUT2D eigenvalue weighted by Crippen LogP contribution is -2.21. The lowest BCUT2D eigenvalue weighted by molar-refractivity contribution is 0.0527. The third kappa shape index (κ3) is 4.08. The molecule has 0 saturated heterocycles. The lowest BCUT2D eigenvalue weighted by atomic mass is 10.1. The predicted octanol–water partition coefficient (Wildman–Crippen LogP) is 0.823. The van der Waals surface area contributed by atoms with Crippen molar-refractivity contribution in [1.29, 1.82) is 0 Å². The number of rotatable bonds is 5. The minimum atomic E-state index is -0.591. The molecular weight excluding hydrogens is 324 g/mol. The van der Waals surface area contributed by atoms with Crippen LogP contribution in [0, 0.1) is 0 Å². The molecule has 0 aromatic carbocycles. The number of pyridine rings is 2. The summed E-state index contributed by atoms with van der Waals surface area (Å²) in [6, 6.07) is 4.55. The highest BCUT2D eigenvalue weighted by Crippen LogP contribution is 2.20. The maximum absolute atomic E-state index is 12.1. The number of hydrogen-bond donors (Lipinski definition) is 3. The van der Waals surface area contributed by atoms with E-state index < -0.39 is 11.9 Å².